The van der Waals surface area contributed by atoms with Crippen LogP contribution in [-0.4, -0.2) is 66.5 Å². The molecule has 2 saturated heterocycles. The number of nitrogens with zero attached hydrogens (tertiary/aromatic N) is 2. The molecule has 8 nitrogen and oxygen atoms in total. The number of anilines is 1. The molecular weight excluding hydrogens is 524 g/mol. The second kappa shape index (κ2) is 12.4. The van der Waals surface area contributed by atoms with Crippen LogP contribution >= 0.6 is 24.0 Å². The minimum absolute atomic E-state index is 0.105. The number of rotatable bonds is 8. The number of carbonyl (C=O) groups excluding carboxylic acids is 3. The molecule has 2 amide bonds. The number of hydrogen-bond acceptors (Lipinski definition) is 8. The van der Waals surface area contributed by atoms with Gasteiger partial charge in [-0.1, -0.05) is 24.0 Å². The molecule has 38 heavy (non-hydrogen) atoms. The smallest absolute Gasteiger partial charge is 0.247 e. The van der Waals surface area contributed by atoms with Crippen LogP contribution in [0.25, 0.3) is 6.08 Å². The van der Waals surface area contributed by atoms with E-state index in [-0.39, 0.29) is 24.0 Å². The van der Waals surface area contributed by atoms with Gasteiger partial charge in [0, 0.05) is 30.6 Å². The van der Waals surface area contributed by atoms with Crippen molar-refractivity contribution >= 4 is 57.7 Å². The molecular formula is C28H30N2O6S2. The van der Waals surface area contributed by atoms with E-state index in [2.05, 4.69) is 4.90 Å². The third kappa shape index (κ3) is 5.86. The number of amides is 2. The summed E-state index contributed by atoms with van der Waals surface area (Å²) in [6.07, 6.45) is 6.54. The van der Waals surface area contributed by atoms with Gasteiger partial charge in [-0.05, 0) is 67.8 Å². The normalized spacial score (nSPS) is 17.7. The number of ketones is 1. The first-order valence-corrected chi connectivity index (χ1v) is 13.6. The fourth-order valence-corrected chi connectivity index (χ4v) is 6.07. The number of thiocarbonyl (C=S) groups is 1. The highest BCUT2D eigenvalue weighted by Gasteiger charge is 2.41. The summed E-state index contributed by atoms with van der Waals surface area (Å²) in [5, 5.41) is -0.530. The van der Waals surface area contributed by atoms with Crippen LogP contribution in [0.15, 0.2) is 42.5 Å². The molecule has 2 heterocycles. The van der Waals surface area contributed by atoms with Crippen LogP contribution in [0.1, 0.15) is 41.6 Å². The molecule has 2 aliphatic heterocycles. The van der Waals surface area contributed by atoms with Gasteiger partial charge in [-0.25, -0.2) is 4.90 Å². The SMILES string of the molecule is COc1ccc(/C=C/C(=O)c2ccc(N3C(=O)C[C@H](SC(=S)N4CCCCC4)C3=O)cc2)c(OC)c1OC. The largest absolute Gasteiger partial charge is 0.493 e. The van der Waals surface area contributed by atoms with E-state index >= 15 is 0 Å². The third-order valence-corrected chi connectivity index (χ3v) is 8.18. The maximum atomic E-state index is 13.1. The Morgan fingerprint density at radius 3 is 2.26 bits per heavy atom. The molecule has 0 aromatic heterocycles. The number of carbonyl (C=O) groups is 3. The van der Waals surface area contributed by atoms with Gasteiger partial charge in [0.05, 0.1) is 27.0 Å². The lowest BCUT2D eigenvalue weighted by atomic mass is 10.1. The molecule has 2 aromatic rings. The van der Waals surface area contributed by atoms with E-state index in [1.807, 2.05) is 0 Å². The molecule has 0 bridgehead atoms. The van der Waals surface area contributed by atoms with E-state index in [9.17, 15) is 14.4 Å². The average molecular weight is 555 g/mol. The molecule has 0 N–H and O–H groups in total. The van der Waals surface area contributed by atoms with Crippen molar-refractivity contribution in [3.63, 3.8) is 0 Å². The lowest BCUT2D eigenvalue weighted by Crippen LogP contribution is -2.35. The van der Waals surface area contributed by atoms with Gasteiger partial charge in [-0.15, -0.1) is 0 Å². The van der Waals surface area contributed by atoms with E-state index in [0.29, 0.717) is 38.4 Å². The van der Waals surface area contributed by atoms with Gasteiger partial charge < -0.3 is 19.1 Å². The van der Waals surface area contributed by atoms with Crippen molar-refractivity contribution in [2.75, 3.05) is 39.3 Å². The molecule has 0 spiro atoms. The molecule has 0 radical (unpaired) electrons. The fraction of sp³-hybridized carbons (Fsp3) is 0.357. The minimum Gasteiger partial charge on any atom is -0.493 e. The molecule has 0 saturated carbocycles. The average Bonchev–Trinajstić information content (AvgIpc) is 3.23. The van der Waals surface area contributed by atoms with Crippen LogP contribution in [0.2, 0.25) is 0 Å². The van der Waals surface area contributed by atoms with Crippen LogP contribution in [0, 0.1) is 0 Å². The molecule has 200 valence electrons. The zero-order chi connectivity index (χ0) is 27.2. The number of piperidine rings is 1. The molecule has 1 atom stereocenters. The molecule has 2 fully saturated rings. The lowest BCUT2D eigenvalue weighted by molar-refractivity contribution is -0.121. The molecule has 0 aliphatic carbocycles. The highest BCUT2D eigenvalue weighted by Crippen LogP contribution is 2.40. The van der Waals surface area contributed by atoms with Gasteiger partial charge in [0.25, 0.3) is 0 Å². The predicted molar refractivity (Wildman–Crippen MR) is 152 cm³/mol. The van der Waals surface area contributed by atoms with Gasteiger partial charge >= 0.3 is 0 Å². The summed E-state index contributed by atoms with van der Waals surface area (Å²) >= 11 is 6.85. The Hall–Kier alpha value is -3.37. The van der Waals surface area contributed by atoms with Crippen molar-refractivity contribution in [2.24, 2.45) is 0 Å². The number of thioether (sulfide) groups is 1. The summed E-state index contributed by atoms with van der Waals surface area (Å²) in [5.74, 6) is 0.607. The number of imide groups is 1. The lowest BCUT2D eigenvalue weighted by Gasteiger charge is -2.29. The van der Waals surface area contributed by atoms with Crippen molar-refractivity contribution in [1.82, 2.24) is 4.90 Å². The highest BCUT2D eigenvalue weighted by molar-refractivity contribution is 8.23. The monoisotopic (exact) mass is 554 g/mol. The first-order valence-electron chi connectivity index (χ1n) is 12.3. The van der Waals surface area contributed by atoms with E-state index in [1.54, 1.807) is 42.5 Å². The fourth-order valence-electron chi connectivity index (χ4n) is 4.53. The Morgan fingerprint density at radius 2 is 1.63 bits per heavy atom. The van der Waals surface area contributed by atoms with Gasteiger partial charge in [0.15, 0.2) is 17.3 Å². The number of likely N-dealkylation sites (tertiary alicyclic amines) is 1. The van der Waals surface area contributed by atoms with Crippen molar-refractivity contribution in [3.8, 4) is 17.2 Å². The molecule has 10 heteroatoms. The Labute approximate surface area is 231 Å². The van der Waals surface area contributed by atoms with E-state index in [0.717, 1.165) is 25.9 Å². The van der Waals surface area contributed by atoms with Gasteiger partial charge in [0.2, 0.25) is 17.6 Å². The topological polar surface area (TPSA) is 85.4 Å². The Morgan fingerprint density at radius 1 is 0.947 bits per heavy atom. The van der Waals surface area contributed by atoms with Crippen molar-refractivity contribution in [2.45, 2.75) is 30.9 Å². The minimum atomic E-state index is -0.530. The highest BCUT2D eigenvalue weighted by atomic mass is 32.2. The first kappa shape index (κ1) is 27.7. The van der Waals surface area contributed by atoms with Crippen LogP contribution in [0.3, 0.4) is 0 Å². The second-order valence-corrected chi connectivity index (χ2v) is 10.7. The number of benzene rings is 2. The molecule has 2 aromatic carbocycles. The first-order chi connectivity index (χ1) is 18.4. The van der Waals surface area contributed by atoms with E-state index in [4.69, 9.17) is 26.4 Å². The quantitative estimate of drug-likeness (QED) is 0.199. The predicted octanol–water partition coefficient (Wildman–Crippen LogP) is 4.74. The Balaban J connectivity index is 1.44. The molecule has 2 aliphatic rings. The van der Waals surface area contributed by atoms with Gasteiger partial charge in [-0.2, -0.15) is 0 Å². The number of methoxy groups -OCH3 is 3. The Bertz CT molecular complexity index is 1250. The van der Waals surface area contributed by atoms with E-state index < -0.39 is 5.25 Å². The number of hydrogen-bond donors (Lipinski definition) is 0. The van der Waals surface area contributed by atoms with E-state index in [1.165, 1.54) is 50.5 Å². The third-order valence-electron chi connectivity index (χ3n) is 6.52. The van der Waals surface area contributed by atoms with Crippen LogP contribution in [-0.2, 0) is 9.59 Å². The summed E-state index contributed by atoms with van der Waals surface area (Å²) in [6, 6.07) is 9.94. The second-order valence-electron chi connectivity index (χ2n) is 8.86. The van der Waals surface area contributed by atoms with Crippen molar-refractivity contribution < 1.29 is 28.6 Å². The maximum absolute atomic E-state index is 13.1. The maximum Gasteiger partial charge on any atom is 0.247 e. The zero-order valence-electron chi connectivity index (χ0n) is 21.6. The summed E-state index contributed by atoms with van der Waals surface area (Å²) in [5.41, 5.74) is 1.50. The summed E-state index contributed by atoms with van der Waals surface area (Å²) in [4.78, 5) is 41.9. The van der Waals surface area contributed by atoms with Crippen LogP contribution < -0.4 is 19.1 Å². The summed E-state index contributed by atoms with van der Waals surface area (Å²) in [7, 11) is 4.56. The Kier molecular flexibility index (Phi) is 9.06. The number of allylic oxidation sites excluding steroid dienone is 1. The summed E-state index contributed by atoms with van der Waals surface area (Å²) < 4.78 is 16.8. The van der Waals surface area contributed by atoms with Crippen molar-refractivity contribution in [1.29, 1.82) is 0 Å². The van der Waals surface area contributed by atoms with Gasteiger partial charge in [-0.3, -0.25) is 14.4 Å². The molecule has 4 rings (SSSR count). The summed E-state index contributed by atoms with van der Waals surface area (Å²) in [6.45, 7) is 1.79. The zero-order valence-corrected chi connectivity index (χ0v) is 23.2. The molecule has 0 unspecified atom stereocenters. The van der Waals surface area contributed by atoms with Crippen molar-refractivity contribution in [3.05, 3.63) is 53.6 Å². The standard InChI is InChI=1S/C28H30N2O6S2/c1-34-22-14-10-19(25(35-2)26(22)36-3)9-13-21(31)18-7-11-20(12-8-18)30-24(32)17-23(27(30)33)38-28(37)29-15-5-4-6-16-29/h7-14,23H,4-6,15-17H2,1-3H3/b13-9+/t23-/m0/s1. The van der Waals surface area contributed by atoms with Gasteiger partial charge in [0.1, 0.15) is 9.57 Å². The number of ether oxygens (including phenoxy) is 3. The van der Waals surface area contributed by atoms with Crippen LogP contribution in [0.5, 0.6) is 17.2 Å². The van der Waals surface area contributed by atoms with Crippen LogP contribution in [0.4, 0.5) is 5.69 Å².